The molecule has 0 radical (unpaired) electrons. The summed E-state index contributed by atoms with van der Waals surface area (Å²) in [7, 11) is 0. The maximum absolute atomic E-state index is 13.7. The van der Waals surface area contributed by atoms with Gasteiger partial charge in [0.2, 0.25) is 11.2 Å². The van der Waals surface area contributed by atoms with Crippen molar-refractivity contribution in [3.8, 4) is 5.75 Å². The second-order valence-electron chi connectivity index (χ2n) is 7.39. The summed E-state index contributed by atoms with van der Waals surface area (Å²) in [5.41, 5.74) is -1.42. The lowest BCUT2D eigenvalue weighted by molar-refractivity contribution is -0.162. The largest absolute Gasteiger partial charge is 0.465 e. The van der Waals surface area contributed by atoms with Crippen LogP contribution in [0.4, 0.5) is 0 Å². The standard InChI is InChI=1S/C25H22O7/c1-4-14-11-12-17-18(13-14)32-22-19(20(26)15-9-7-8-10-16(15)21(22)27)25(17,23(28)30-5-2)24(29)31-6-3/h7-13H,4-6H2,1-3H3. The molecule has 1 aliphatic carbocycles. The molecule has 32 heavy (non-hydrogen) atoms. The van der Waals surface area contributed by atoms with E-state index in [9.17, 15) is 19.2 Å². The van der Waals surface area contributed by atoms with Gasteiger partial charge in [0.1, 0.15) is 5.75 Å². The zero-order valence-corrected chi connectivity index (χ0v) is 18.0. The summed E-state index contributed by atoms with van der Waals surface area (Å²) >= 11 is 0. The number of carbonyl (C=O) groups is 4. The highest BCUT2D eigenvalue weighted by Crippen LogP contribution is 2.49. The summed E-state index contributed by atoms with van der Waals surface area (Å²) in [5, 5.41) is 0. The third-order valence-corrected chi connectivity index (χ3v) is 5.69. The van der Waals surface area contributed by atoms with Gasteiger partial charge in [-0.15, -0.1) is 0 Å². The SMILES string of the molecule is CCOC(=O)C1(C(=O)OCC)C2=C(Oc3cc(CC)ccc31)C(=O)c1ccccc1C2=O. The van der Waals surface area contributed by atoms with Crippen LogP contribution < -0.4 is 4.74 Å². The number of Topliss-reactive ketones (excluding diaryl/α,β-unsaturated/α-hetero) is 2. The number of esters is 2. The van der Waals surface area contributed by atoms with Gasteiger partial charge >= 0.3 is 11.9 Å². The first-order valence-corrected chi connectivity index (χ1v) is 10.5. The minimum atomic E-state index is -2.28. The number of ether oxygens (including phenoxy) is 3. The Hall–Kier alpha value is -3.74. The van der Waals surface area contributed by atoms with E-state index >= 15 is 0 Å². The van der Waals surface area contributed by atoms with E-state index in [0.29, 0.717) is 6.42 Å². The number of carbonyl (C=O) groups excluding carboxylic acids is 4. The smallest absolute Gasteiger partial charge is 0.333 e. The molecular formula is C25H22O7. The molecule has 7 nitrogen and oxygen atoms in total. The van der Waals surface area contributed by atoms with Gasteiger partial charge in [-0.25, -0.2) is 0 Å². The Kier molecular flexibility index (Phi) is 5.42. The van der Waals surface area contributed by atoms with E-state index in [4.69, 9.17) is 14.2 Å². The molecule has 0 fully saturated rings. The fourth-order valence-corrected chi connectivity index (χ4v) is 4.20. The molecule has 1 heterocycles. The van der Waals surface area contributed by atoms with Crippen LogP contribution in [-0.4, -0.2) is 36.7 Å². The lowest BCUT2D eigenvalue weighted by Crippen LogP contribution is -2.53. The second kappa shape index (κ2) is 8.07. The van der Waals surface area contributed by atoms with Crippen molar-refractivity contribution in [2.24, 2.45) is 0 Å². The van der Waals surface area contributed by atoms with Gasteiger partial charge in [-0.3, -0.25) is 19.2 Å². The van der Waals surface area contributed by atoms with Crippen LogP contribution in [0.15, 0.2) is 53.8 Å². The topological polar surface area (TPSA) is 96.0 Å². The Balaban J connectivity index is 2.11. The molecule has 164 valence electrons. The average Bonchev–Trinajstić information content (AvgIpc) is 2.81. The third kappa shape index (κ3) is 2.88. The van der Waals surface area contributed by atoms with Crippen LogP contribution >= 0.6 is 0 Å². The number of fused-ring (bicyclic) bond motifs is 2. The van der Waals surface area contributed by atoms with Crippen molar-refractivity contribution in [3.63, 3.8) is 0 Å². The van der Waals surface area contributed by atoms with Crippen molar-refractivity contribution < 1.29 is 33.4 Å². The first-order valence-electron chi connectivity index (χ1n) is 10.5. The normalized spacial score (nSPS) is 15.8. The number of ketones is 2. The van der Waals surface area contributed by atoms with Crippen LogP contribution in [0.1, 0.15) is 52.6 Å². The summed E-state index contributed by atoms with van der Waals surface area (Å²) in [6.45, 7) is 5.05. The first kappa shape index (κ1) is 21.5. The van der Waals surface area contributed by atoms with Crippen LogP contribution in [0.25, 0.3) is 0 Å². The molecule has 0 unspecified atom stereocenters. The number of rotatable bonds is 5. The van der Waals surface area contributed by atoms with Gasteiger partial charge in [0.05, 0.1) is 18.8 Å². The third-order valence-electron chi connectivity index (χ3n) is 5.69. The summed E-state index contributed by atoms with van der Waals surface area (Å²) in [4.78, 5) is 54.0. The predicted octanol–water partition coefficient (Wildman–Crippen LogP) is 3.34. The van der Waals surface area contributed by atoms with Gasteiger partial charge in [0.25, 0.3) is 0 Å². The molecule has 0 aromatic heterocycles. The van der Waals surface area contributed by atoms with E-state index in [2.05, 4.69) is 0 Å². The maximum atomic E-state index is 13.7. The molecule has 0 saturated heterocycles. The Morgan fingerprint density at radius 2 is 1.47 bits per heavy atom. The Morgan fingerprint density at radius 3 is 2.03 bits per heavy atom. The number of allylic oxidation sites excluding steroid dienone is 1. The van der Waals surface area contributed by atoms with Crippen molar-refractivity contribution in [1.29, 1.82) is 0 Å². The van der Waals surface area contributed by atoms with Crippen molar-refractivity contribution in [2.75, 3.05) is 13.2 Å². The predicted molar refractivity (Wildman–Crippen MR) is 114 cm³/mol. The van der Waals surface area contributed by atoms with Gasteiger partial charge in [0.15, 0.2) is 11.5 Å². The molecule has 0 spiro atoms. The molecular weight excluding hydrogens is 412 g/mol. The molecule has 0 saturated carbocycles. The van der Waals surface area contributed by atoms with Crippen LogP contribution in [0.2, 0.25) is 0 Å². The minimum absolute atomic E-state index is 0.0371. The molecule has 0 N–H and O–H groups in total. The maximum Gasteiger partial charge on any atom is 0.333 e. The zero-order chi connectivity index (χ0) is 23.0. The highest BCUT2D eigenvalue weighted by molar-refractivity contribution is 6.32. The Morgan fingerprint density at radius 1 is 0.875 bits per heavy atom. The van der Waals surface area contributed by atoms with Crippen molar-refractivity contribution in [1.82, 2.24) is 0 Å². The van der Waals surface area contributed by atoms with Crippen LogP contribution in [-0.2, 0) is 30.9 Å². The van der Waals surface area contributed by atoms with E-state index in [1.54, 1.807) is 44.2 Å². The highest BCUT2D eigenvalue weighted by Gasteiger charge is 2.62. The summed E-state index contributed by atoms with van der Waals surface area (Å²) in [5.74, 6) is -3.41. The average molecular weight is 434 g/mol. The molecule has 2 aromatic rings. The monoisotopic (exact) mass is 434 g/mol. The van der Waals surface area contributed by atoms with Gasteiger partial charge in [-0.1, -0.05) is 43.3 Å². The molecule has 4 rings (SSSR count). The number of benzene rings is 2. The van der Waals surface area contributed by atoms with E-state index in [-0.39, 0.29) is 47.0 Å². The molecule has 0 atom stereocenters. The fourth-order valence-electron chi connectivity index (χ4n) is 4.20. The number of hydrogen-bond acceptors (Lipinski definition) is 7. The van der Waals surface area contributed by atoms with E-state index in [1.165, 1.54) is 12.1 Å². The van der Waals surface area contributed by atoms with Crippen molar-refractivity contribution >= 4 is 23.5 Å². The quantitative estimate of drug-likeness (QED) is 0.526. The van der Waals surface area contributed by atoms with Gasteiger partial charge in [-0.05, 0) is 31.9 Å². The van der Waals surface area contributed by atoms with Gasteiger partial charge in [0, 0.05) is 16.7 Å². The lowest BCUT2D eigenvalue weighted by atomic mass is 9.66. The number of aryl methyl sites for hydroxylation is 1. The fraction of sp³-hybridized carbons (Fsp3) is 0.280. The van der Waals surface area contributed by atoms with E-state index in [0.717, 1.165) is 5.56 Å². The van der Waals surface area contributed by atoms with Crippen molar-refractivity contribution in [3.05, 3.63) is 76.1 Å². The van der Waals surface area contributed by atoms with Crippen LogP contribution in [0, 0.1) is 0 Å². The van der Waals surface area contributed by atoms with Crippen molar-refractivity contribution in [2.45, 2.75) is 32.6 Å². The molecule has 0 bridgehead atoms. The van der Waals surface area contributed by atoms with E-state index in [1.807, 2.05) is 6.92 Å². The lowest BCUT2D eigenvalue weighted by Gasteiger charge is -2.38. The first-order chi connectivity index (χ1) is 15.4. The molecule has 7 heteroatoms. The summed E-state index contributed by atoms with van der Waals surface area (Å²) in [6, 6.07) is 11.2. The second-order valence-corrected chi connectivity index (χ2v) is 7.39. The highest BCUT2D eigenvalue weighted by atomic mass is 16.6. The number of hydrogen-bond donors (Lipinski definition) is 0. The Labute approximate surface area is 185 Å². The van der Waals surface area contributed by atoms with Gasteiger partial charge < -0.3 is 14.2 Å². The molecule has 2 aromatic carbocycles. The molecule has 1 aliphatic heterocycles. The molecule has 0 amide bonds. The van der Waals surface area contributed by atoms with Crippen LogP contribution in [0.3, 0.4) is 0 Å². The van der Waals surface area contributed by atoms with E-state index < -0.39 is 28.9 Å². The zero-order valence-electron chi connectivity index (χ0n) is 18.0. The summed E-state index contributed by atoms with van der Waals surface area (Å²) in [6.07, 6.45) is 0.657. The molecule has 2 aliphatic rings. The summed E-state index contributed by atoms with van der Waals surface area (Å²) < 4.78 is 16.5. The minimum Gasteiger partial charge on any atom is -0.465 e. The Bertz CT molecular complexity index is 1170. The van der Waals surface area contributed by atoms with Crippen LogP contribution in [0.5, 0.6) is 5.75 Å². The van der Waals surface area contributed by atoms with Gasteiger partial charge in [-0.2, -0.15) is 0 Å².